The van der Waals surface area contributed by atoms with Gasteiger partial charge >= 0.3 is 13.5 Å². The Morgan fingerprint density at radius 3 is 2.58 bits per heavy atom. The van der Waals surface area contributed by atoms with Crippen LogP contribution in [0.4, 0.5) is 10.2 Å². The summed E-state index contributed by atoms with van der Waals surface area (Å²) in [5.41, 5.74) is 5.28. The van der Waals surface area contributed by atoms with Gasteiger partial charge in [0.05, 0.1) is 31.3 Å². The van der Waals surface area contributed by atoms with E-state index in [1.807, 2.05) is 0 Å². The smallest absolute Gasteiger partial charge is 0.386 e. The van der Waals surface area contributed by atoms with Crippen molar-refractivity contribution in [3.63, 3.8) is 0 Å². The number of H-pyrrole nitrogens is 1. The molecule has 0 aliphatic carbocycles. The number of hydrogen-bond acceptors (Lipinski definition) is 16. The van der Waals surface area contributed by atoms with E-state index in [0.717, 1.165) is 23.4 Å². The number of hydrogen-bond donors (Lipinski definition) is 6. The molecule has 7 heterocycles. The number of nitrogens with one attached hydrogen (secondary N) is 1. The zero-order valence-electron chi connectivity index (χ0n) is 22.3. The zero-order valence-corrected chi connectivity index (χ0v) is 25.8. The molecule has 4 aromatic rings. The van der Waals surface area contributed by atoms with E-state index >= 15 is 0 Å². The maximum atomic E-state index is 14.9. The Labute approximate surface area is 260 Å². The van der Waals surface area contributed by atoms with E-state index in [1.54, 1.807) is 0 Å². The third-order valence-electron chi connectivity index (χ3n) is 7.44. The zero-order chi connectivity index (χ0) is 31.8. The van der Waals surface area contributed by atoms with Crippen LogP contribution in [0.1, 0.15) is 12.5 Å². The van der Waals surface area contributed by atoms with Gasteiger partial charge in [-0.05, 0) is 11.8 Å². The van der Waals surface area contributed by atoms with Crippen LogP contribution >= 0.6 is 25.8 Å². The Kier molecular flexibility index (Phi) is 7.88. The van der Waals surface area contributed by atoms with Crippen LogP contribution in [0, 0.1) is 5.82 Å². The fourth-order valence-electron chi connectivity index (χ4n) is 5.42. The van der Waals surface area contributed by atoms with Crippen molar-refractivity contribution in [1.82, 2.24) is 34.1 Å². The lowest BCUT2D eigenvalue weighted by Gasteiger charge is -2.27. The van der Waals surface area contributed by atoms with E-state index in [0.29, 0.717) is 0 Å². The predicted octanol–water partition coefficient (Wildman–Crippen LogP) is -0.126. The average molecular weight is 709 g/mol. The second-order valence-corrected chi connectivity index (χ2v) is 15.8. The van der Waals surface area contributed by atoms with Crippen molar-refractivity contribution in [2.24, 2.45) is 0 Å². The first kappa shape index (κ1) is 31.2. The van der Waals surface area contributed by atoms with Gasteiger partial charge in [0.25, 0.3) is 5.56 Å². The highest BCUT2D eigenvalue weighted by Crippen LogP contribution is 2.58. The van der Waals surface area contributed by atoms with E-state index in [-0.39, 0.29) is 28.0 Å². The van der Waals surface area contributed by atoms with Gasteiger partial charge in [-0.1, -0.05) is 12.2 Å². The summed E-state index contributed by atoms with van der Waals surface area (Å²) in [6.45, 7) is -9.83. The molecule has 0 aromatic carbocycles. The first-order chi connectivity index (χ1) is 21.3. The van der Waals surface area contributed by atoms with Crippen LogP contribution in [0.2, 0.25) is 0 Å². The largest absolute Gasteiger partial charge is 0.387 e. The molecule has 10 atom stereocenters. The van der Waals surface area contributed by atoms with Gasteiger partial charge in [-0.15, -0.1) is 0 Å². The molecule has 4 unspecified atom stereocenters. The Balaban J connectivity index is 1.21. The number of ether oxygens (including phenoxy) is 2. The maximum Gasteiger partial charge on any atom is 0.386 e. The quantitative estimate of drug-likeness (QED) is 0.117. The standard InChI is InChI=1S/C21H23FN8O11P2S2/c22-7-1-29(17-10(7)16(23)24-4-25-17)21-15-12(31)8(38-21)2-36-42(34,44)40-14-9(3-37-43(35,45)41-15)39-20(13(14)32)30-6-28-11-18(30)26-5-27-19(11)33/h1,4-6,8-9,12-15,20-21,31-32H,2-3H2,(H,34,44)(H,35,45)(H2,23,24,25)(H,26,27,33)/t8?,9?,12-,13-,14-,15-,20-,21-,42?,43?/m1/s1. The molecule has 0 spiro atoms. The molecule has 0 radical (unpaired) electrons. The molecule has 242 valence electrons. The van der Waals surface area contributed by atoms with E-state index in [4.69, 9.17) is 45.1 Å². The molecular formula is C21H23FN8O11P2S2. The molecule has 3 fully saturated rings. The van der Waals surface area contributed by atoms with Crippen LogP contribution < -0.4 is 11.3 Å². The maximum absolute atomic E-state index is 14.9. The highest BCUT2D eigenvalue weighted by Gasteiger charge is 2.53. The van der Waals surface area contributed by atoms with E-state index in [1.165, 1.54) is 10.9 Å². The lowest BCUT2D eigenvalue weighted by Crippen LogP contribution is -2.36. The lowest BCUT2D eigenvalue weighted by atomic mass is 10.1. The fraction of sp³-hybridized carbons (Fsp3) is 0.476. The normalized spacial score (nSPS) is 37.7. The van der Waals surface area contributed by atoms with Crippen molar-refractivity contribution < 1.29 is 51.6 Å². The molecule has 19 nitrogen and oxygen atoms in total. The summed E-state index contributed by atoms with van der Waals surface area (Å²) >= 11 is 9.24. The van der Waals surface area contributed by atoms with Gasteiger partial charge in [0.2, 0.25) is 0 Å². The Morgan fingerprint density at radius 1 is 1.02 bits per heavy atom. The number of nitrogen functional groups attached to an aromatic ring is 1. The van der Waals surface area contributed by atoms with Crippen LogP contribution in [-0.4, -0.2) is 99.0 Å². The number of imidazole rings is 1. The van der Waals surface area contributed by atoms with Gasteiger partial charge in [-0.25, -0.2) is 28.9 Å². The summed E-state index contributed by atoms with van der Waals surface area (Å²) in [5, 5.41) is 22.2. The number of anilines is 1. The highest BCUT2D eigenvalue weighted by molar-refractivity contribution is 8.44. The van der Waals surface area contributed by atoms with Crippen molar-refractivity contribution in [3.05, 3.63) is 41.3 Å². The molecule has 24 heteroatoms. The number of aliphatic hydroxyl groups excluding tert-OH is 2. The number of aromatic amines is 1. The van der Waals surface area contributed by atoms with Gasteiger partial charge in [0.1, 0.15) is 48.8 Å². The van der Waals surface area contributed by atoms with Crippen LogP contribution in [0.3, 0.4) is 0 Å². The summed E-state index contributed by atoms with van der Waals surface area (Å²) in [6, 6.07) is 0. The van der Waals surface area contributed by atoms with Crippen LogP contribution in [-0.2, 0) is 43.9 Å². The second-order valence-electron chi connectivity index (χ2n) is 10.2. The van der Waals surface area contributed by atoms with Gasteiger partial charge in [0.15, 0.2) is 35.1 Å². The Bertz CT molecular complexity index is 1950. The highest BCUT2D eigenvalue weighted by atomic mass is 32.7. The molecule has 6 N–H and O–H groups in total. The number of thiol groups is 1. The molecular weight excluding hydrogens is 685 g/mol. The third kappa shape index (κ3) is 5.52. The topological polar surface area (TPSA) is 253 Å². The average Bonchev–Trinajstić information content (AvgIpc) is 3.71. The lowest BCUT2D eigenvalue weighted by molar-refractivity contribution is -0.0588. The third-order valence-corrected chi connectivity index (χ3v) is 10.6. The van der Waals surface area contributed by atoms with Crippen LogP contribution in [0.15, 0.2) is 30.0 Å². The summed E-state index contributed by atoms with van der Waals surface area (Å²) in [6.07, 6.45) is -6.97. The molecule has 0 saturated carbocycles. The summed E-state index contributed by atoms with van der Waals surface area (Å²) < 4.78 is 64.9. The minimum Gasteiger partial charge on any atom is -0.387 e. The number of aromatic nitrogens is 7. The minimum atomic E-state index is -4.41. The van der Waals surface area contributed by atoms with Gasteiger partial charge < -0.3 is 44.4 Å². The number of rotatable bonds is 2. The Morgan fingerprint density at radius 2 is 1.78 bits per heavy atom. The first-order valence-corrected chi connectivity index (χ1v) is 18.3. The van der Waals surface area contributed by atoms with Crippen molar-refractivity contribution in [1.29, 1.82) is 0 Å². The van der Waals surface area contributed by atoms with E-state index < -0.39 is 87.2 Å². The first-order valence-electron chi connectivity index (χ1n) is 13.0. The molecule has 3 aliphatic rings. The summed E-state index contributed by atoms with van der Waals surface area (Å²) in [7, 11) is 0. The molecule has 45 heavy (non-hydrogen) atoms. The SMILES string of the molecule is Nc1ncnc2c1c(F)cn2[C@@H]1OC2COP(O)(=S)O[C@@H]3C(COP(=O)(S)O[C@@H]1[C@@H]2O)O[C@@H](n1cnc2c(=O)[nH]cnc21)[C@@H]3O. The fourth-order valence-corrected chi connectivity index (χ4v) is 8.32. The number of nitrogens with two attached hydrogens (primary N) is 1. The number of fused-ring (bicyclic) bond motifs is 5. The molecule has 2 bridgehead atoms. The second kappa shape index (κ2) is 11.4. The number of halogens is 1. The summed E-state index contributed by atoms with van der Waals surface area (Å²) in [5.74, 6) is -0.963. The monoisotopic (exact) mass is 708 g/mol. The predicted molar refractivity (Wildman–Crippen MR) is 155 cm³/mol. The summed E-state index contributed by atoms with van der Waals surface area (Å²) in [4.78, 5) is 41.4. The molecule has 7 rings (SSSR count). The van der Waals surface area contributed by atoms with Crippen molar-refractivity contribution in [2.45, 2.75) is 49.1 Å². The molecule has 3 saturated heterocycles. The Hall–Kier alpha value is -2.43. The van der Waals surface area contributed by atoms with E-state index in [2.05, 4.69) is 37.2 Å². The number of nitrogens with zero attached hydrogens (tertiary/aromatic N) is 6. The van der Waals surface area contributed by atoms with Gasteiger partial charge in [0, 0.05) is 6.20 Å². The van der Waals surface area contributed by atoms with Gasteiger partial charge in [-0.3, -0.25) is 22.9 Å². The van der Waals surface area contributed by atoms with Crippen molar-refractivity contribution >= 4 is 65.6 Å². The van der Waals surface area contributed by atoms with Crippen molar-refractivity contribution in [2.75, 3.05) is 18.9 Å². The van der Waals surface area contributed by atoms with Crippen LogP contribution in [0.5, 0.6) is 0 Å². The van der Waals surface area contributed by atoms with E-state index in [9.17, 15) is 28.9 Å². The molecule has 0 amide bonds. The number of aliphatic hydroxyl groups is 2. The van der Waals surface area contributed by atoms with Gasteiger partial charge in [-0.2, -0.15) is 0 Å². The van der Waals surface area contributed by atoms with Crippen LogP contribution in [0.25, 0.3) is 22.2 Å². The molecule has 4 aromatic heterocycles. The minimum absolute atomic E-state index is 0.0234. The molecule has 3 aliphatic heterocycles. The van der Waals surface area contributed by atoms with Crippen molar-refractivity contribution in [3.8, 4) is 0 Å².